The number of benzene rings is 2. The van der Waals surface area contributed by atoms with Crippen LogP contribution in [0.1, 0.15) is 28.4 Å². The number of para-hydroxylation sites is 1. The fraction of sp³-hybridized carbons (Fsp3) is 0.182. The van der Waals surface area contributed by atoms with E-state index in [2.05, 4.69) is 47.7 Å². The van der Waals surface area contributed by atoms with Crippen LogP contribution < -0.4 is 15.4 Å². The van der Waals surface area contributed by atoms with E-state index in [4.69, 9.17) is 4.74 Å². The number of amides is 1. The van der Waals surface area contributed by atoms with Gasteiger partial charge in [0.1, 0.15) is 11.6 Å². The van der Waals surface area contributed by atoms with Crippen LogP contribution in [0.3, 0.4) is 0 Å². The van der Waals surface area contributed by atoms with Gasteiger partial charge in [0.2, 0.25) is 0 Å². The topological polar surface area (TPSA) is 63.2 Å². The number of nitrogens with zero attached hydrogens (tertiary/aromatic N) is 1. The van der Waals surface area contributed by atoms with Gasteiger partial charge in [-0.15, -0.1) is 0 Å². The smallest absolute Gasteiger partial charge is 0.256 e. The summed E-state index contributed by atoms with van der Waals surface area (Å²) >= 11 is 0. The molecule has 3 aromatic rings. The molecule has 0 radical (unpaired) electrons. The molecule has 0 aliphatic carbocycles. The molecule has 0 fully saturated rings. The van der Waals surface area contributed by atoms with Gasteiger partial charge in [-0.05, 0) is 60.9 Å². The van der Waals surface area contributed by atoms with Gasteiger partial charge in [0.15, 0.2) is 0 Å². The Balaban J connectivity index is 1.69. The molecule has 0 unspecified atom stereocenters. The molecule has 1 aromatic heterocycles. The molecule has 0 aliphatic rings. The highest BCUT2D eigenvalue weighted by molar-refractivity contribution is 6.03. The minimum Gasteiger partial charge on any atom is -0.497 e. The summed E-state index contributed by atoms with van der Waals surface area (Å²) in [4.78, 5) is 16.7. The van der Waals surface area contributed by atoms with Crippen LogP contribution in [0.25, 0.3) is 0 Å². The van der Waals surface area contributed by atoms with E-state index in [1.165, 1.54) is 11.1 Å². The number of methoxy groups -OCH3 is 1. The number of nitrogens with one attached hydrogen (secondary N) is 2. The van der Waals surface area contributed by atoms with Crippen molar-refractivity contribution in [2.45, 2.75) is 20.3 Å². The first kappa shape index (κ1) is 18.5. The van der Waals surface area contributed by atoms with Gasteiger partial charge in [-0.25, -0.2) is 4.98 Å². The molecule has 2 aromatic carbocycles. The van der Waals surface area contributed by atoms with E-state index < -0.39 is 0 Å². The Morgan fingerprint density at radius 1 is 1.07 bits per heavy atom. The number of anilines is 3. The number of aromatic nitrogens is 1. The first-order valence-corrected chi connectivity index (χ1v) is 8.87. The van der Waals surface area contributed by atoms with Crippen molar-refractivity contribution >= 4 is 23.1 Å². The number of hydrogen-bond acceptors (Lipinski definition) is 4. The van der Waals surface area contributed by atoms with E-state index in [-0.39, 0.29) is 5.91 Å². The second-order valence-corrected chi connectivity index (χ2v) is 6.20. The molecule has 1 amide bonds. The van der Waals surface area contributed by atoms with E-state index in [9.17, 15) is 4.79 Å². The molecule has 3 rings (SSSR count). The minimum atomic E-state index is -0.210. The maximum absolute atomic E-state index is 12.3. The van der Waals surface area contributed by atoms with Crippen LogP contribution in [-0.4, -0.2) is 18.0 Å². The Morgan fingerprint density at radius 2 is 1.85 bits per heavy atom. The Labute approximate surface area is 159 Å². The summed E-state index contributed by atoms with van der Waals surface area (Å²) in [5.41, 5.74) is 4.98. The van der Waals surface area contributed by atoms with Gasteiger partial charge in [-0.1, -0.05) is 25.1 Å². The molecule has 0 bridgehead atoms. The first-order chi connectivity index (χ1) is 13.1. The van der Waals surface area contributed by atoms with E-state index in [1.807, 2.05) is 6.07 Å². The zero-order chi connectivity index (χ0) is 19.2. The van der Waals surface area contributed by atoms with Gasteiger partial charge in [0.05, 0.1) is 19.0 Å². The maximum atomic E-state index is 12.3. The second kappa shape index (κ2) is 8.36. The molecule has 0 aliphatic heterocycles. The van der Waals surface area contributed by atoms with Crippen molar-refractivity contribution in [1.82, 2.24) is 4.98 Å². The average Bonchev–Trinajstić information content (AvgIpc) is 2.71. The number of pyridine rings is 1. The molecular formula is C22H23N3O2. The largest absolute Gasteiger partial charge is 0.497 e. The third-order valence-electron chi connectivity index (χ3n) is 4.37. The van der Waals surface area contributed by atoms with Gasteiger partial charge >= 0.3 is 0 Å². The summed E-state index contributed by atoms with van der Waals surface area (Å²) in [7, 11) is 1.59. The summed E-state index contributed by atoms with van der Waals surface area (Å²) in [6.07, 6.45) is 2.67. The fourth-order valence-corrected chi connectivity index (χ4v) is 2.82. The van der Waals surface area contributed by atoms with E-state index in [0.717, 1.165) is 17.8 Å². The van der Waals surface area contributed by atoms with E-state index >= 15 is 0 Å². The summed E-state index contributed by atoms with van der Waals surface area (Å²) in [6.45, 7) is 4.22. The minimum absolute atomic E-state index is 0.210. The van der Waals surface area contributed by atoms with Crippen LogP contribution in [0.4, 0.5) is 17.2 Å². The van der Waals surface area contributed by atoms with Gasteiger partial charge in [-0.2, -0.15) is 0 Å². The highest BCUT2D eigenvalue weighted by Crippen LogP contribution is 2.25. The number of carbonyl (C=O) groups excluding carboxylic acids is 1. The summed E-state index contributed by atoms with van der Waals surface area (Å²) in [6, 6.07) is 16.9. The van der Waals surface area contributed by atoms with Crippen molar-refractivity contribution in [3.63, 3.8) is 0 Å². The molecule has 0 atom stereocenters. The predicted molar refractivity (Wildman–Crippen MR) is 109 cm³/mol. The van der Waals surface area contributed by atoms with Crippen LogP contribution >= 0.6 is 0 Å². The van der Waals surface area contributed by atoms with Crippen molar-refractivity contribution in [2.24, 2.45) is 0 Å². The molecule has 138 valence electrons. The lowest BCUT2D eigenvalue weighted by molar-refractivity contribution is 0.102. The molecule has 5 heteroatoms. The van der Waals surface area contributed by atoms with Crippen molar-refractivity contribution in [3.8, 4) is 5.75 Å². The predicted octanol–water partition coefficient (Wildman–Crippen LogP) is 4.96. The summed E-state index contributed by atoms with van der Waals surface area (Å²) in [5.74, 6) is 1.00. The monoisotopic (exact) mass is 361 g/mol. The Hall–Kier alpha value is -3.34. The molecule has 1 heterocycles. The van der Waals surface area contributed by atoms with Crippen molar-refractivity contribution < 1.29 is 9.53 Å². The number of carbonyl (C=O) groups is 1. The SMILES string of the molecule is CCc1cccc(C)c1Nc1ccc(NC(=O)c2ccc(OC)cc2)nc1. The maximum Gasteiger partial charge on any atom is 0.256 e. The zero-order valence-electron chi connectivity index (χ0n) is 15.7. The lowest BCUT2D eigenvalue weighted by Gasteiger charge is -2.14. The second-order valence-electron chi connectivity index (χ2n) is 6.20. The molecule has 0 saturated heterocycles. The van der Waals surface area contributed by atoms with E-state index in [1.54, 1.807) is 43.6 Å². The van der Waals surface area contributed by atoms with Crippen LogP contribution in [0.15, 0.2) is 60.8 Å². The van der Waals surface area contributed by atoms with Crippen LogP contribution in [0, 0.1) is 6.92 Å². The first-order valence-electron chi connectivity index (χ1n) is 8.87. The van der Waals surface area contributed by atoms with Crippen molar-refractivity contribution in [2.75, 3.05) is 17.7 Å². The number of hydrogen-bond donors (Lipinski definition) is 2. The summed E-state index contributed by atoms with van der Waals surface area (Å²) in [5, 5.41) is 6.23. The molecule has 0 saturated carbocycles. The molecule has 5 nitrogen and oxygen atoms in total. The van der Waals surface area contributed by atoms with Crippen molar-refractivity contribution in [3.05, 3.63) is 77.5 Å². The highest BCUT2D eigenvalue weighted by Gasteiger charge is 2.08. The molecular weight excluding hydrogens is 338 g/mol. The van der Waals surface area contributed by atoms with Gasteiger partial charge < -0.3 is 15.4 Å². The zero-order valence-corrected chi connectivity index (χ0v) is 15.7. The lowest BCUT2D eigenvalue weighted by atomic mass is 10.1. The fourth-order valence-electron chi connectivity index (χ4n) is 2.82. The summed E-state index contributed by atoms with van der Waals surface area (Å²) < 4.78 is 5.10. The van der Waals surface area contributed by atoms with Crippen LogP contribution in [0.2, 0.25) is 0 Å². The van der Waals surface area contributed by atoms with Crippen LogP contribution in [0.5, 0.6) is 5.75 Å². The highest BCUT2D eigenvalue weighted by atomic mass is 16.5. The third kappa shape index (κ3) is 4.44. The average molecular weight is 361 g/mol. The van der Waals surface area contributed by atoms with Crippen LogP contribution in [-0.2, 0) is 6.42 Å². The number of aryl methyl sites for hydroxylation is 2. The Kier molecular flexibility index (Phi) is 5.71. The number of ether oxygens (including phenoxy) is 1. The molecule has 0 spiro atoms. The molecule has 2 N–H and O–H groups in total. The quantitative estimate of drug-likeness (QED) is 0.651. The molecule has 27 heavy (non-hydrogen) atoms. The van der Waals surface area contributed by atoms with Gasteiger partial charge in [-0.3, -0.25) is 4.79 Å². The Bertz CT molecular complexity index is 919. The third-order valence-corrected chi connectivity index (χ3v) is 4.37. The standard InChI is InChI=1S/C22H23N3O2/c1-4-16-7-5-6-15(2)21(16)24-18-10-13-20(23-14-18)25-22(26)17-8-11-19(27-3)12-9-17/h5-14,24H,4H2,1-3H3,(H,23,25,26). The normalized spacial score (nSPS) is 10.3. The number of rotatable bonds is 6. The van der Waals surface area contributed by atoms with Crippen molar-refractivity contribution in [1.29, 1.82) is 0 Å². The van der Waals surface area contributed by atoms with Gasteiger partial charge in [0.25, 0.3) is 5.91 Å². The van der Waals surface area contributed by atoms with E-state index in [0.29, 0.717) is 17.1 Å². The Morgan fingerprint density at radius 3 is 2.48 bits per heavy atom. The van der Waals surface area contributed by atoms with Gasteiger partial charge in [0, 0.05) is 11.3 Å². The lowest BCUT2D eigenvalue weighted by Crippen LogP contribution is -2.12.